The van der Waals surface area contributed by atoms with E-state index >= 15 is 0 Å². The van der Waals surface area contributed by atoms with Gasteiger partial charge in [-0.3, -0.25) is 4.79 Å². The Morgan fingerprint density at radius 2 is 2.06 bits per heavy atom. The molecule has 0 amide bonds. The van der Waals surface area contributed by atoms with Crippen LogP contribution in [-0.2, 0) is 9.53 Å². The molecule has 1 rings (SSSR count). The normalized spacial score (nSPS) is 10.2. The number of anilines is 1. The first-order valence-electron chi connectivity index (χ1n) is 5.89. The number of esters is 1. The zero-order valence-electron chi connectivity index (χ0n) is 10.3. The number of hydrogen-bond acceptors (Lipinski definition) is 3. The highest BCUT2D eigenvalue weighted by atomic mass is 19.1. The summed E-state index contributed by atoms with van der Waals surface area (Å²) in [6, 6.07) is 3.43. The average Bonchev–Trinajstić information content (AvgIpc) is 2.35. The monoisotopic (exact) mass is 257 g/mol. The highest BCUT2D eigenvalue weighted by Crippen LogP contribution is 2.15. The number of halogens is 2. The molecule has 18 heavy (non-hydrogen) atoms. The molecule has 0 saturated carbocycles. The molecule has 0 atom stereocenters. The van der Waals surface area contributed by atoms with Gasteiger partial charge in [0.05, 0.1) is 12.8 Å². The van der Waals surface area contributed by atoms with Gasteiger partial charge in [0.1, 0.15) is 11.6 Å². The summed E-state index contributed by atoms with van der Waals surface area (Å²) in [5.41, 5.74) is 0.296. The zero-order chi connectivity index (χ0) is 13.4. The summed E-state index contributed by atoms with van der Waals surface area (Å²) in [5.74, 6) is -1.40. The van der Waals surface area contributed by atoms with Crippen LogP contribution in [-0.4, -0.2) is 19.6 Å². The third kappa shape index (κ3) is 5.12. The van der Waals surface area contributed by atoms with Crippen LogP contribution in [0.3, 0.4) is 0 Å². The van der Waals surface area contributed by atoms with Gasteiger partial charge in [-0.15, -0.1) is 0 Å². The Labute approximate surface area is 105 Å². The zero-order valence-corrected chi connectivity index (χ0v) is 10.3. The van der Waals surface area contributed by atoms with Crippen molar-refractivity contribution >= 4 is 11.7 Å². The molecule has 0 bridgehead atoms. The molecule has 0 saturated heterocycles. The Morgan fingerprint density at radius 1 is 1.28 bits per heavy atom. The van der Waals surface area contributed by atoms with E-state index in [0.717, 1.165) is 25.3 Å². The quantitative estimate of drug-likeness (QED) is 0.602. The summed E-state index contributed by atoms with van der Waals surface area (Å²) in [6.07, 6.45) is 2.82. The summed E-state index contributed by atoms with van der Waals surface area (Å²) in [7, 11) is 1.36. The first-order valence-corrected chi connectivity index (χ1v) is 5.89. The summed E-state index contributed by atoms with van der Waals surface area (Å²) in [6.45, 7) is 0.587. The summed E-state index contributed by atoms with van der Waals surface area (Å²) < 4.78 is 30.4. The number of hydrogen-bond donors (Lipinski definition) is 1. The van der Waals surface area contributed by atoms with Crippen molar-refractivity contribution < 1.29 is 18.3 Å². The van der Waals surface area contributed by atoms with Crippen LogP contribution >= 0.6 is 0 Å². The predicted molar refractivity (Wildman–Crippen MR) is 65.3 cm³/mol. The lowest BCUT2D eigenvalue weighted by Crippen LogP contribution is -2.04. The van der Waals surface area contributed by atoms with E-state index in [-0.39, 0.29) is 5.97 Å². The van der Waals surface area contributed by atoms with E-state index in [1.165, 1.54) is 19.2 Å². The topological polar surface area (TPSA) is 38.3 Å². The van der Waals surface area contributed by atoms with Crippen LogP contribution < -0.4 is 5.32 Å². The fourth-order valence-corrected chi connectivity index (χ4v) is 1.53. The largest absolute Gasteiger partial charge is 0.469 e. The molecule has 100 valence electrons. The maximum Gasteiger partial charge on any atom is 0.305 e. The van der Waals surface area contributed by atoms with Crippen LogP contribution in [0.2, 0.25) is 0 Å². The average molecular weight is 257 g/mol. The molecule has 1 N–H and O–H groups in total. The molecule has 0 aliphatic heterocycles. The molecular formula is C13H17F2NO2. The van der Waals surface area contributed by atoms with Gasteiger partial charge >= 0.3 is 5.97 Å². The van der Waals surface area contributed by atoms with Crippen LogP contribution in [0.1, 0.15) is 25.7 Å². The number of nitrogens with one attached hydrogen (secondary N) is 1. The van der Waals surface area contributed by atoms with Crippen molar-refractivity contribution in [2.24, 2.45) is 0 Å². The Bertz CT molecular complexity index is 397. The first kappa shape index (κ1) is 14.4. The minimum Gasteiger partial charge on any atom is -0.469 e. The van der Waals surface area contributed by atoms with Crippen molar-refractivity contribution in [3.63, 3.8) is 0 Å². The molecule has 0 spiro atoms. The standard InChI is InChI=1S/C13H17F2NO2/c1-18-13(17)5-3-2-4-8-16-12-7-6-10(14)9-11(12)15/h6-7,9,16H,2-5,8H2,1H3. The second-order valence-electron chi connectivity index (χ2n) is 3.94. The molecule has 0 heterocycles. The maximum atomic E-state index is 13.2. The number of methoxy groups -OCH3 is 1. The third-order valence-corrected chi connectivity index (χ3v) is 2.53. The molecule has 0 radical (unpaired) electrons. The smallest absolute Gasteiger partial charge is 0.305 e. The molecule has 0 aromatic heterocycles. The number of carbonyl (C=O) groups is 1. The van der Waals surface area contributed by atoms with Crippen LogP contribution in [0, 0.1) is 11.6 Å². The minimum atomic E-state index is -0.593. The highest BCUT2D eigenvalue weighted by Gasteiger charge is 2.03. The van der Waals surface area contributed by atoms with E-state index in [2.05, 4.69) is 10.1 Å². The van der Waals surface area contributed by atoms with E-state index < -0.39 is 11.6 Å². The van der Waals surface area contributed by atoms with Crippen LogP contribution in [0.15, 0.2) is 18.2 Å². The van der Waals surface area contributed by atoms with Gasteiger partial charge in [-0.1, -0.05) is 6.42 Å². The lowest BCUT2D eigenvalue weighted by molar-refractivity contribution is -0.140. The van der Waals surface area contributed by atoms with Gasteiger partial charge in [-0.05, 0) is 25.0 Å². The molecule has 0 unspecified atom stereocenters. The fourth-order valence-electron chi connectivity index (χ4n) is 1.53. The van der Waals surface area contributed by atoms with Crippen molar-refractivity contribution in [2.75, 3.05) is 19.0 Å². The van der Waals surface area contributed by atoms with Crippen LogP contribution in [0.4, 0.5) is 14.5 Å². The Morgan fingerprint density at radius 3 is 2.72 bits per heavy atom. The maximum absolute atomic E-state index is 13.2. The van der Waals surface area contributed by atoms with Crippen LogP contribution in [0.25, 0.3) is 0 Å². The number of rotatable bonds is 7. The third-order valence-electron chi connectivity index (χ3n) is 2.53. The molecule has 3 nitrogen and oxygen atoms in total. The molecule has 0 aliphatic rings. The van der Waals surface area contributed by atoms with Crippen molar-refractivity contribution in [2.45, 2.75) is 25.7 Å². The Kier molecular flexibility index (Phi) is 6.11. The lowest BCUT2D eigenvalue weighted by Gasteiger charge is -2.07. The highest BCUT2D eigenvalue weighted by molar-refractivity contribution is 5.68. The fraction of sp³-hybridized carbons (Fsp3) is 0.462. The summed E-state index contributed by atoms with van der Waals surface area (Å²) in [5, 5.41) is 2.88. The van der Waals surface area contributed by atoms with Crippen LogP contribution in [0.5, 0.6) is 0 Å². The van der Waals surface area contributed by atoms with Crippen molar-refractivity contribution in [1.29, 1.82) is 0 Å². The van der Waals surface area contributed by atoms with E-state index in [9.17, 15) is 13.6 Å². The Balaban J connectivity index is 2.16. The van der Waals surface area contributed by atoms with Gasteiger partial charge in [0.15, 0.2) is 0 Å². The molecular weight excluding hydrogens is 240 g/mol. The van der Waals surface area contributed by atoms with E-state index in [4.69, 9.17) is 0 Å². The Hall–Kier alpha value is -1.65. The summed E-state index contributed by atoms with van der Waals surface area (Å²) >= 11 is 0. The SMILES string of the molecule is COC(=O)CCCCCNc1ccc(F)cc1F. The second kappa shape index (κ2) is 7.63. The minimum absolute atomic E-state index is 0.215. The van der Waals surface area contributed by atoms with Gasteiger partial charge in [-0.25, -0.2) is 8.78 Å². The van der Waals surface area contributed by atoms with Gasteiger partial charge in [-0.2, -0.15) is 0 Å². The van der Waals surface area contributed by atoms with Crippen molar-refractivity contribution in [3.8, 4) is 0 Å². The van der Waals surface area contributed by atoms with Gasteiger partial charge in [0.2, 0.25) is 0 Å². The van der Waals surface area contributed by atoms with Gasteiger partial charge < -0.3 is 10.1 Å². The van der Waals surface area contributed by atoms with E-state index in [1.54, 1.807) is 0 Å². The van der Waals surface area contributed by atoms with Crippen molar-refractivity contribution in [3.05, 3.63) is 29.8 Å². The molecule has 0 fully saturated rings. The number of unbranched alkanes of at least 4 members (excludes halogenated alkanes) is 2. The first-order chi connectivity index (χ1) is 8.63. The van der Waals surface area contributed by atoms with Gasteiger partial charge in [0, 0.05) is 19.0 Å². The molecule has 0 aliphatic carbocycles. The second-order valence-corrected chi connectivity index (χ2v) is 3.94. The van der Waals surface area contributed by atoms with E-state index in [1.807, 2.05) is 0 Å². The molecule has 1 aromatic carbocycles. The van der Waals surface area contributed by atoms with E-state index in [0.29, 0.717) is 18.7 Å². The lowest BCUT2D eigenvalue weighted by atomic mass is 10.2. The molecule has 1 aromatic rings. The number of carbonyl (C=O) groups excluding carboxylic acids is 1. The van der Waals surface area contributed by atoms with Gasteiger partial charge in [0.25, 0.3) is 0 Å². The number of ether oxygens (including phenoxy) is 1. The predicted octanol–water partition coefficient (Wildman–Crippen LogP) is 3.11. The number of benzene rings is 1. The summed E-state index contributed by atoms with van der Waals surface area (Å²) in [4.78, 5) is 10.8. The van der Waals surface area contributed by atoms with Crippen molar-refractivity contribution in [1.82, 2.24) is 0 Å². The molecule has 5 heteroatoms.